The van der Waals surface area contributed by atoms with Crippen LogP contribution < -0.4 is 0 Å². The van der Waals surface area contributed by atoms with Crippen molar-refractivity contribution in [1.29, 1.82) is 0 Å². The lowest BCUT2D eigenvalue weighted by atomic mass is 9.85. The normalized spacial score (nSPS) is 12.1. The molecule has 4 aromatic carbocycles. The quantitative estimate of drug-likeness (QED) is 0.160. The summed E-state index contributed by atoms with van der Waals surface area (Å²) in [5, 5.41) is 18.7. The van der Waals surface area contributed by atoms with Crippen LogP contribution in [-0.2, 0) is 0 Å². The highest BCUT2D eigenvalue weighted by Gasteiger charge is 2.20. The van der Waals surface area contributed by atoms with E-state index in [1.165, 1.54) is 27.8 Å². The Morgan fingerprint density at radius 1 is 0.583 bits per heavy atom. The Kier molecular flexibility index (Phi) is 17.8. The summed E-state index contributed by atoms with van der Waals surface area (Å²) in [6, 6.07) is 36.2. The first-order valence-electron chi connectivity index (χ1n) is 17.6. The maximum atomic E-state index is 9.98. The molecule has 0 fully saturated rings. The maximum absolute atomic E-state index is 9.98. The number of aryl methyl sites for hydroxylation is 2. The van der Waals surface area contributed by atoms with E-state index >= 15 is 0 Å². The number of benzene rings is 4. The van der Waals surface area contributed by atoms with Gasteiger partial charge in [-0.1, -0.05) is 96.6 Å². The zero-order valence-electron chi connectivity index (χ0n) is 31.3. The van der Waals surface area contributed by atoms with E-state index in [4.69, 9.17) is 5.11 Å². The summed E-state index contributed by atoms with van der Waals surface area (Å²) >= 11 is 0. The second-order valence-electron chi connectivity index (χ2n) is 13.8. The van der Waals surface area contributed by atoms with Crippen molar-refractivity contribution in [3.63, 3.8) is 0 Å². The molecule has 0 aliphatic heterocycles. The summed E-state index contributed by atoms with van der Waals surface area (Å²) in [5.74, 6) is 0.981. The summed E-state index contributed by atoms with van der Waals surface area (Å²) < 4.78 is 0. The molecule has 4 aromatic rings. The molecule has 0 bridgehead atoms. The van der Waals surface area contributed by atoms with Crippen molar-refractivity contribution >= 4 is 6.08 Å². The highest BCUT2D eigenvalue weighted by atomic mass is 16.3. The van der Waals surface area contributed by atoms with Gasteiger partial charge in [0.1, 0.15) is 11.5 Å². The third kappa shape index (κ3) is 14.5. The Morgan fingerprint density at radius 3 is 1.58 bits per heavy atom. The number of aromatic hydroxyl groups is 2. The molecular weight excluding hydrogens is 588 g/mol. The topological polar surface area (TPSA) is 46.9 Å². The summed E-state index contributed by atoms with van der Waals surface area (Å²) in [7, 11) is 0. The number of hydrogen-bond acceptors (Lipinski definition) is 4. The Hall–Kier alpha value is -3.86. The van der Waals surface area contributed by atoms with Crippen molar-refractivity contribution < 1.29 is 10.2 Å². The van der Waals surface area contributed by atoms with Gasteiger partial charge in [0.15, 0.2) is 0 Å². The molecule has 0 aliphatic rings. The molecule has 2 N–H and O–H groups in total. The van der Waals surface area contributed by atoms with Gasteiger partial charge < -0.3 is 10.2 Å². The largest absolute Gasteiger partial charge is 0.508 e. The Morgan fingerprint density at radius 2 is 1.08 bits per heavy atom. The molecule has 0 saturated heterocycles. The van der Waals surface area contributed by atoms with Crippen LogP contribution in [0.4, 0.5) is 0 Å². The highest BCUT2D eigenvalue weighted by Crippen LogP contribution is 2.33. The van der Waals surface area contributed by atoms with Gasteiger partial charge in [0.2, 0.25) is 0 Å². The smallest absolute Gasteiger partial charge is 0.115 e. The number of phenols is 2. The van der Waals surface area contributed by atoms with E-state index in [-0.39, 0.29) is 0 Å². The Labute approximate surface area is 292 Å². The van der Waals surface area contributed by atoms with E-state index in [0.29, 0.717) is 41.6 Å². The number of nitrogens with zero attached hydrogens (tertiary/aromatic N) is 2. The summed E-state index contributed by atoms with van der Waals surface area (Å²) in [6.07, 6.45) is 5.48. The average molecular weight is 651 g/mol. The van der Waals surface area contributed by atoms with E-state index in [2.05, 4.69) is 139 Å². The second kappa shape index (κ2) is 21.2. The van der Waals surface area contributed by atoms with Crippen molar-refractivity contribution in [3.05, 3.63) is 137 Å². The molecule has 0 saturated carbocycles. The first kappa shape index (κ1) is 40.3. The fourth-order valence-corrected chi connectivity index (χ4v) is 6.02. The molecule has 4 heteroatoms. The zero-order valence-corrected chi connectivity index (χ0v) is 31.3. The molecule has 1 atom stereocenters. The van der Waals surface area contributed by atoms with Gasteiger partial charge in [0, 0.05) is 36.6 Å². The van der Waals surface area contributed by atoms with Gasteiger partial charge in [-0.15, -0.1) is 0 Å². The first-order chi connectivity index (χ1) is 22.8. The van der Waals surface area contributed by atoms with Crippen LogP contribution in [0, 0.1) is 13.8 Å². The Balaban J connectivity index is 0.000000284. The van der Waals surface area contributed by atoms with Gasteiger partial charge in [0.25, 0.3) is 0 Å². The van der Waals surface area contributed by atoms with Crippen molar-refractivity contribution in [3.8, 4) is 11.5 Å². The van der Waals surface area contributed by atoms with Gasteiger partial charge in [-0.2, -0.15) is 0 Å². The van der Waals surface area contributed by atoms with Crippen LogP contribution in [0.15, 0.2) is 109 Å². The number of phenolic OH excluding ortho intramolecular Hbond substituents is 2. The van der Waals surface area contributed by atoms with E-state index in [1.807, 2.05) is 37.3 Å². The van der Waals surface area contributed by atoms with Gasteiger partial charge in [-0.25, -0.2) is 0 Å². The van der Waals surface area contributed by atoms with Crippen LogP contribution in [-0.4, -0.2) is 57.3 Å². The summed E-state index contributed by atoms with van der Waals surface area (Å²) in [5.41, 5.74) is 6.23. The predicted molar refractivity (Wildman–Crippen MR) is 208 cm³/mol. The fourth-order valence-electron chi connectivity index (χ4n) is 6.02. The third-order valence-corrected chi connectivity index (χ3v) is 8.63. The second-order valence-corrected chi connectivity index (χ2v) is 13.8. The summed E-state index contributed by atoms with van der Waals surface area (Å²) in [6.45, 7) is 24.2. The minimum Gasteiger partial charge on any atom is -0.508 e. The van der Waals surface area contributed by atoms with Crippen molar-refractivity contribution in [2.45, 2.75) is 106 Å². The average Bonchev–Trinajstić information content (AvgIpc) is 3.05. The van der Waals surface area contributed by atoms with E-state index < -0.39 is 0 Å². The van der Waals surface area contributed by atoms with Crippen molar-refractivity contribution in [1.82, 2.24) is 9.80 Å². The van der Waals surface area contributed by atoms with Gasteiger partial charge in [-0.05, 0) is 129 Å². The molecule has 260 valence electrons. The van der Waals surface area contributed by atoms with Crippen LogP contribution in [0.25, 0.3) is 6.08 Å². The molecule has 0 spiro atoms. The van der Waals surface area contributed by atoms with Crippen LogP contribution in [0.2, 0.25) is 0 Å². The van der Waals surface area contributed by atoms with Crippen LogP contribution in [0.5, 0.6) is 11.5 Å². The van der Waals surface area contributed by atoms with Crippen molar-refractivity contribution in [2.24, 2.45) is 0 Å². The van der Waals surface area contributed by atoms with Crippen molar-refractivity contribution in [2.75, 3.05) is 13.1 Å². The lowest BCUT2D eigenvalue weighted by Crippen LogP contribution is -2.38. The molecule has 48 heavy (non-hydrogen) atoms. The monoisotopic (exact) mass is 650 g/mol. The lowest BCUT2D eigenvalue weighted by molar-refractivity contribution is 0.170. The molecule has 0 aliphatic carbocycles. The van der Waals surface area contributed by atoms with Crippen LogP contribution in [0.3, 0.4) is 0 Å². The van der Waals surface area contributed by atoms with Gasteiger partial charge >= 0.3 is 0 Å². The van der Waals surface area contributed by atoms with E-state index in [9.17, 15) is 5.11 Å². The minimum absolute atomic E-state index is 0.304. The number of rotatable bonds is 12. The van der Waals surface area contributed by atoms with E-state index in [1.54, 1.807) is 18.2 Å². The van der Waals surface area contributed by atoms with E-state index in [0.717, 1.165) is 19.5 Å². The van der Waals surface area contributed by atoms with Crippen LogP contribution in [0.1, 0.15) is 95.5 Å². The highest BCUT2D eigenvalue weighted by molar-refractivity contribution is 5.48. The molecule has 1 unspecified atom stereocenters. The standard InChI is InChI=1S/C22H31NO.C15H23N.C7H8O/c1-16(2)23(17(3)4)14-13-21(19-9-7-6-8-10-19)22-15-20(24)12-11-18(22)5;1-13(2)16(14(3)4)12-8-11-15-9-6-5-7-10-15;1-6-2-4-7(8)5-3-6/h6-12,15-17,21,24H,13-14H2,1-5H3;5-11,13-14H,12H2,1-4H3;2-5,8H,1H3/b;11-8+;. The first-order valence-corrected chi connectivity index (χ1v) is 17.6. The minimum atomic E-state index is 0.304. The fraction of sp³-hybridized carbons (Fsp3) is 0.409. The maximum Gasteiger partial charge on any atom is 0.115 e. The lowest BCUT2D eigenvalue weighted by Gasteiger charge is -2.32. The molecule has 0 heterocycles. The summed E-state index contributed by atoms with van der Waals surface area (Å²) in [4.78, 5) is 5.01. The molecule has 0 radical (unpaired) electrons. The van der Waals surface area contributed by atoms with Crippen LogP contribution >= 0.6 is 0 Å². The van der Waals surface area contributed by atoms with Gasteiger partial charge in [-0.3, -0.25) is 9.80 Å². The molecule has 0 amide bonds. The SMILES string of the molecule is CC(C)N(C/C=C/c1ccccc1)C(C)C.Cc1ccc(O)cc1.Cc1ccc(O)cc1C(CCN(C(C)C)C(C)C)c1ccccc1. The number of hydrogen-bond donors (Lipinski definition) is 2. The molecular formula is C44H62N2O2. The molecule has 4 rings (SSSR count). The van der Waals surface area contributed by atoms with Gasteiger partial charge in [0.05, 0.1) is 0 Å². The Bertz CT molecular complexity index is 1410. The third-order valence-electron chi connectivity index (χ3n) is 8.63. The molecule has 0 aromatic heterocycles. The predicted octanol–water partition coefficient (Wildman–Crippen LogP) is 10.9. The molecule has 4 nitrogen and oxygen atoms in total. The zero-order chi connectivity index (χ0) is 35.6.